The van der Waals surface area contributed by atoms with Crippen LogP contribution in [0.1, 0.15) is 27.7 Å². The normalized spacial score (nSPS) is 16.5. The number of hydrogen-bond donors (Lipinski definition) is 1. The van der Waals surface area contributed by atoms with Crippen LogP contribution in [0.2, 0.25) is 0 Å². The van der Waals surface area contributed by atoms with Crippen molar-refractivity contribution in [2.75, 3.05) is 7.11 Å². The Balaban J connectivity index is 4.12. The van der Waals surface area contributed by atoms with Gasteiger partial charge in [0.1, 0.15) is 11.6 Å². The topological polar surface area (TPSA) is 61.5 Å². The summed E-state index contributed by atoms with van der Waals surface area (Å²) in [5.74, 6) is -0.429. The van der Waals surface area contributed by atoms with E-state index in [0.717, 1.165) is 0 Å². The molecule has 0 fully saturated rings. The molecule has 0 unspecified atom stereocenters. The minimum atomic E-state index is -0.718. The molecule has 0 aliphatic carbocycles. The summed E-state index contributed by atoms with van der Waals surface area (Å²) in [5, 5.41) is 0. The van der Waals surface area contributed by atoms with Gasteiger partial charge in [0, 0.05) is 7.11 Å². The lowest BCUT2D eigenvalue weighted by molar-refractivity contribution is -0.159. The van der Waals surface area contributed by atoms with Gasteiger partial charge in [-0.05, 0) is 27.7 Å². The number of nitrogens with two attached hydrogens (primary N) is 1. The Morgan fingerprint density at radius 3 is 2.15 bits per heavy atom. The van der Waals surface area contributed by atoms with E-state index in [1.165, 1.54) is 7.11 Å². The Morgan fingerprint density at radius 1 is 1.38 bits per heavy atom. The molecule has 0 radical (unpaired) electrons. The van der Waals surface area contributed by atoms with Crippen LogP contribution >= 0.6 is 0 Å². The summed E-state index contributed by atoms with van der Waals surface area (Å²) in [7, 11) is 1.51. The van der Waals surface area contributed by atoms with Crippen LogP contribution in [0.3, 0.4) is 0 Å². The highest BCUT2D eigenvalue weighted by Crippen LogP contribution is 2.09. The fourth-order valence-corrected chi connectivity index (χ4v) is 0.708. The van der Waals surface area contributed by atoms with Crippen molar-refractivity contribution in [1.29, 1.82) is 0 Å². The quantitative estimate of drug-likeness (QED) is 0.663. The van der Waals surface area contributed by atoms with Crippen molar-refractivity contribution in [3.63, 3.8) is 0 Å². The van der Waals surface area contributed by atoms with Crippen LogP contribution in [0.25, 0.3) is 0 Å². The van der Waals surface area contributed by atoms with Gasteiger partial charge in [-0.3, -0.25) is 4.79 Å². The SMILES string of the molecule is CO[C@@H](C)[C@@H](N)C(=O)OC(C)(C)C. The fourth-order valence-electron chi connectivity index (χ4n) is 0.708. The summed E-state index contributed by atoms with van der Waals surface area (Å²) in [6.45, 7) is 7.13. The highest BCUT2D eigenvalue weighted by atomic mass is 16.6. The van der Waals surface area contributed by atoms with Gasteiger partial charge in [0.05, 0.1) is 6.10 Å². The third-order valence-corrected chi connectivity index (χ3v) is 1.56. The molecule has 0 aromatic rings. The van der Waals surface area contributed by atoms with E-state index in [-0.39, 0.29) is 6.10 Å². The molecule has 0 saturated heterocycles. The zero-order chi connectivity index (χ0) is 10.6. The van der Waals surface area contributed by atoms with Gasteiger partial charge in [0.15, 0.2) is 0 Å². The third-order valence-electron chi connectivity index (χ3n) is 1.56. The van der Waals surface area contributed by atoms with E-state index in [9.17, 15) is 4.79 Å². The van der Waals surface area contributed by atoms with E-state index in [4.69, 9.17) is 15.2 Å². The minimum absolute atomic E-state index is 0.324. The van der Waals surface area contributed by atoms with Crippen LogP contribution in [0.4, 0.5) is 0 Å². The lowest BCUT2D eigenvalue weighted by atomic mass is 10.1. The highest BCUT2D eigenvalue weighted by Gasteiger charge is 2.26. The fraction of sp³-hybridized carbons (Fsp3) is 0.889. The second-order valence-electron chi connectivity index (χ2n) is 4.00. The molecule has 13 heavy (non-hydrogen) atoms. The first-order chi connectivity index (χ1) is 5.78. The zero-order valence-corrected chi connectivity index (χ0v) is 8.96. The maximum absolute atomic E-state index is 11.3. The molecule has 0 amide bonds. The average Bonchev–Trinajstić information content (AvgIpc) is 1.98. The Labute approximate surface area is 79.4 Å². The second-order valence-corrected chi connectivity index (χ2v) is 4.00. The summed E-state index contributed by atoms with van der Waals surface area (Å²) in [6.07, 6.45) is -0.324. The average molecular weight is 189 g/mol. The van der Waals surface area contributed by atoms with Crippen molar-refractivity contribution in [2.24, 2.45) is 5.73 Å². The lowest BCUT2D eigenvalue weighted by Crippen LogP contribution is -2.44. The molecular weight excluding hydrogens is 170 g/mol. The molecule has 0 aliphatic heterocycles. The largest absolute Gasteiger partial charge is 0.459 e. The minimum Gasteiger partial charge on any atom is -0.459 e. The first-order valence-electron chi connectivity index (χ1n) is 4.29. The number of esters is 1. The lowest BCUT2D eigenvalue weighted by Gasteiger charge is -2.24. The first-order valence-corrected chi connectivity index (χ1v) is 4.29. The summed E-state index contributed by atoms with van der Waals surface area (Å²) in [5.41, 5.74) is 5.08. The predicted octanol–water partition coefficient (Wildman–Crippen LogP) is 0.690. The Bertz CT molecular complexity index is 174. The zero-order valence-electron chi connectivity index (χ0n) is 8.96. The van der Waals surface area contributed by atoms with Gasteiger partial charge in [-0.15, -0.1) is 0 Å². The molecule has 4 nitrogen and oxygen atoms in total. The van der Waals surface area contributed by atoms with Crippen molar-refractivity contribution in [3.05, 3.63) is 0 Å². The number of ether oxygens (including phenoxy) is 2. The summed E-state index contributed by atoms with van der Waals surface area (Å²) < 4.78 is 10.0. The first kappa shape index (κ1) is 12.4. The van der Waals surface area contributed by atoms with Gasteiger partial charge in [-0.1, -0.05) is 0 Å². The molecule has 4 heteroatoms. The molecule has 0 heterocycles. The molecule has 78 valence electrons. The summed E-state index contributed by atoms with van der Waals surface area (Å²) in [6, 6.07) is -0.718. The van der Waals surface area contributed by atoms with Gasteiger partial charge in [-0.2, -0.15) is 0 Å². The molecule has 0 aromatic carbocycles. The third kappa shape index (κ3) is 4.85. The summed E-state index contributed by atoms with van der Waals surface area (Å²) in [4.78, 5) is 11.3. The molecule has 0 aliphatic rings. The van der Waals surface area contributed by atoms with E-state index >= 15 is 0 Å². The number of hydrogen-bond acceptors (Lipinski definition) is 4. The maximum Gasteiger partial charge on any atom is 0.326 e. The highest BCUT2D eigenvalue weighted by molar-refractivity contribution is 5.76. The number of methoxy groups -OCH3 is 1. The van der Waals surface area contributed by atoms with Crippen molar-refractivity contribution < 1.29 is 14.3 Å². The maximum atomic E-state index is 11.3. The van der Waals surface area contributed by atoms with Crippen molar-refractivity contribution >= 4 is 5.97 Å². The molecule has 0 aromatic heterocycles. The molecule has 0 bridgehead atoms. The van der Waals surface area contributed by atoms with Crippen LogP contribution in [-0.4, -0.2) is 30.8 Å². The molecular formula is C9H19NO3. The Hall–Kier alpha value is -0.610. The smallest absolute Gasteiger partial charge is 0.326 e. The van der Waals surface area contributed by atoms with Crippen molar-refractivity contribution in [3.8, 4) is 0 Å². The second kappa shape index (κ2) is 4.58. The van der Waals surface area contributed by atoms with E-state index in [2.05, 4.69) is 0 Å². The van der Waals surface area contributed by atoms with Crippen molar-refractivity contribution in [2.45, 2.75) is 45.4 Å². The number of carbonyl (C=O) groups excluding carboxylic acids is 1. The Kier molecular flexibility index (Phi) is 4.36. The van der Waals surface area contributed by atoms with Crippen LogP contribution in [0, 0.1) is 0 Å². The molecule has 0 rings (SSSR count). The molecule has 2 N–H and O–H groups in total. The Morgan fingerprint density at radius 2 is 1.85 bits per heavy atom. The van der Waals surface area contributed by atoms with E-state index in [1.54, 1.807) is 27.7 Å². The van der Waals surface area contributed by atoms with Gasteiger partial charge >= 0.3 is 5.97 Å². The summed E-state index contributed by atoms with van der Waals surface area (Å²) >= 11 is 0. The van der Waals surface area contributed by atoms with Crippen LogP contribution < -0.4 is 5.73 Å². The predicted molar refractivity (Wildman–Crippen MR) is 50.3 cm³/mol. The molecule has 2 atom stereocenters. The van der Waals surface area contributed by atoms with Gasteiger partial charge < -0.3 is 15.2 Å². The number of rotatable bonds is 3. The standard InChI is InChI=1S/C9H19NO3/c1-6(12-5)7(10)8(11)13-9(2,3)4/h6-7H,10H2,1-5H3/t6-,7+/m0/s1. The van der Waals surface area contributed by atoms with Crippen LogP contribution in [-0.2, 0) is 14.3 Å². The van der Waals surface area contributed by atoms with E-state index in [0.29, 0.717) is 0 Å². The molecule has 0 spiro atoms. The van der Waals surface area contributed by atoms with Crippen molar-refractivity contribution in [1.82, 2.24) is 0 Å². The molecule has 0 saturated carbocycles. The number of carbonyl (C=O) groups is 1. The van der Waals surface area contributed by atoms with Gasteiger partial charge in [0.25, 0.3) is 0 Å². The van der Waals surface area contributed by atoms with E-state index < -0.39 is 17.6 Å². The van der Waals surface area contributed by atoms with Gasteiger partial charge in [-0.25, -0.2) is 0 Å². The monoisotopic (exact) mass is 189 g/mol. The van der Waals surface area contributed by atoms with E-state index in [1.807, 2.05) is 0 Å². The van der Waals surface area contributed by atoms with Crippen LogP contribution in [0.5, 0.6) is 0 Å². The van der Waals surface area contributed by atoms with Crippen LogP contribution in [0.15, 0.2) is 0 Å². The van der Waals surface area contributed by atoms with Gasteiger partial charge in [0.2, 0.25) is 0 Å².